The van der Waals surface area contributed by atoms with Gasteiger partial charge in [-0.2, -0.15) is 0 Å². The van der Waals surface area contributed by atoms with Gasteiger partial charge in [-0.15, -0.1) is 0 Å². The van der Waals surface area contributed by atoms with Gasteiger partial charge >= 0.3 is 0 Å². The highest BCUT2D eigenvalue weighted by molar-refractivity contribution is 5.51. The molecule has 1 fully saturated rings. The largest absolute Gasteiger partial charge is 0.493 e. The minimum atomic E-state index is 0.172. The molecule has 18 heavy (non-hydrogen) atoms. The molecule has 2 rings (SSSR count). The van der Waals surface area contributed by atoms with E-state index in [0.29, 0.717) is 0 Å². The zero-order valence-corrected chi connectivity index (χ0v) is 11.6. The maximum Gasteiger partial charge on any atom is 0.161 e. The first-order valence-corrected chi connectivity index (χ1v) is 6.66. The Labute approximate surface area is 109 Å². The fourth-order valence-corrected chi connectivity index (χ4v) is 2.89. The number of ether oxygens (including phenoxy) is 2. The second kappa shape index (κ2) is 5.19. The van der Waals surface area contributed by atoms with Gasteiger partial charge in [-0.3, -0.25) is 0 Å². The molecular formula is C15H23NO2. The fourth-order valence-electron chi connectivity index (χ4n) is 2.89. The minimum absolute atomic E-state index is 0.172. The predicted molar refractivity (Wildman–Crippen MR) is 73.5 cm³/mol. The molecule has 1 saturated carbocycles. The average molecular weight is 249 g/mol. The number of hydrogen-bond donors (Lipinski definition) is 1. The van der Waals surface area contributed by atoms with Gasteiger partial charge in [-0.25, -0.2) is 0 Å². The first-order valence-electron chi connectivity index (χ1n) is 6.66. The van der Waals surface area contributed by atoms with Gasteiger partial charge in [0.1, 0.15) is 0 Å². The van der Waals surface area contributed by atoms with Crippen LogP contribution in [0, 0.1) is 0 Å². The molecule has 0 unspecified atom stereocenters. The van der Waals surface area contributed by atoms with E-state index in [2.05, 4.69) is 19.1 Å². The summed E-state index contributed by atoms with van der Waals surface area (Å²) >= 11 is 0. The highest BCUT2D eigenvalue weighted by Gasteiger charge is 2.39. The average Bonchev–Trinajstić information content (AvgIpc) is 2.37. The van der Waals surface area contributed by atoms with Crippen molar-refractivity contribution in [1.82, 2.24) is 0 Å². The Kier molecular flexibility index (Phi) is 3.81. The molecule has 0 atom stereocenters. The zero-order valence-electron chi connectivity index (χ0n) is 11.6. The standard InChI is InChI=1S/C15H23NO2/c1-4-11-8-13(17-2)14(18-3)9-12(11)15(10-16)6-5-7-15/h8-9H,4-7,10,16H2,1-3H3. The Hall–Kier alpha value is -1.22. The van der Waals surface area contributed by atoms with Crippen molar-refractivity contribution < 1.29 is 9.47 Å². The summed E-state index contributed by atoms with van der Waals surface area (Å²) in [4.78, 5) is 0. The maximum absolute atomic E-state index is 6.01. The van der Waals surface area contributed by atoms with Gasteiger partial charge in [0, 0.05) is 12.0 Å². The summed E-state index contributed by atoms with van der Waals surface area (Å²) in [5.41, 5.74) is 8.88. The SMILES string of the molecule is CCc1cc(OC)c(OC)cc1C1(CN)CCC1. The number of rotatable bonds is 5. The second-order valence-electron chi connectivity index (χ2n) is 5.06. The van der Waals surface area contributed by atoms with Crippen LogP contribution in [0.4, 0.5) is 0 Å². The first kappa shape index (κ1) is 13.2. The Morgan fingerprint density at radius 3 is 2.17 bits per heavy atom. The Balaban J connectivity index is 2.51. The van der Waals surface area contributed by atoms with E-state index in [1.807, 2.05) is 0 Å². The third-order valence-electron chi connectivity index (χ3n) is 4.26. The lowest BCUT2D eigenvalue weighted by atomic mass is 9.63. The molecule has 0 aliphatic heterocycles. The van der Waals surface area contributed by atoms with Crippen LogP contribution in [-0.2, 0) is 11.8 Å². The normalized spacial score (nSPS) is 17.1. The quantitative estimate of drug-likeness (QED) is 0.872. The lowest BCUT2D eigenvalue weighted by Gasteiger charge is -2.43. The number of aryl methyl sites for hydroxylation is 1. The van der Waals surface area contributed by atoms with Crippen LogP contribution in [0.15, 0.2) is 12.1 Å². The van der Waals surface area contributed by atoms with Crippen molar-refractivity contribution in [1.29, 1.82) is 0 Å². The summed E-state index contributed by atoms with van der Waals surface area (Å²) in [6.45, 7) is 2.89. The van der Waals surface area contributed by atoms with Crippen LogP contribution in [0.5, 0.6) is 11.5 Å². The van der Waals surface area contributed by atoms with Crippen LogP contribution in [0.25, 0.3) is 0 Å². The van der Waals surface area contributed by atoms with Crippen molar-refractivity contribution in [3.05, 3.63) is 23.3 Å². The van der Waals surface area contributed by atoms with Crippen molar-refractivity contribution in [2.24, 2.45) is 5.73 Å². The van der Waals surface area contributed by atoms with Crippen LogP contribution >= 0.6 is 0 Å². The molecule has 1 aliphatic rings. The molecule has 0 bridgehead atoms. The molecule has 100 valence electrons. The van der Waals surface area contributed by atoms with Crippen molar-refractivity contribution in [2.45, 2.75) is 38.0 Å². The van der Waals surface area contributed by atoms with Crippen LogP contribution in [0.1, 0.15) is 37.3 Å². The summed E-state index contributed by atoms with van der Waals surface area (Å²) in [5.74, 6) is 1.62. The first-order chi connectivity index (χ1) is 8.70. The molecule has 0 heterocycles. The molecule has 0 saturated heterocycles. The number of methoxy groups -OCH3 is 2. The smallest absolute Gasteiger partial charge is 0.161 e. The van der Waals surface area contributed by atoms with Gasteiger partial charge in [0.15, 0.2) is 11.5 Å². The van der Waals surface area contributed by atoms with Gasteiger partial charge in [0.25, 0.3) is 0 Å². The molecule has 1 aromatic carbocycles. The lowest BCUT2D eigenvalue weighted by molar-refractivity contribution is 0.249. The summed E-state index contributed by atoms with van der Waals surface area (Å²) in [5, 5.41) is 0. The van der Waals surface area contributed by atoms with Crippen molar-refractivity contribution in [3.63, 3.8) is 0 Å². The van der Waals surface area contributed by atoms with Crippen molar-refractivity contribution in [3.8, 4) is 11.5 Å². The second-order valence-corrected chi connectivity index (χ2v) is 5.06. The van der Waals surface area contributed by atoms with E-state index in [1.54, 1.807) is 14.2 Å². The fraction of sp³-hybridized carbons (Fsp3) is 0.600. The van der Waals surface area contributed by atoms with Crippen LogP contribution in [0.3, 0.4) is 0 Å². The van der Waals surface area contributed by atoms with Gasteiger partial charge in [0.05, 0.1) is 14.2 Å². The highest BCUT2D eigenvalue weighted by Crippen LogP contribution is 2.47. The predicted octanol–water partition coefficient (Wildman–Crippen LogP) is 2.65. The van der Waals surface area contributed by atoms with E-state index < -0.39 is 0 Å². The van der Waals surface area contributed by atoms with E-state index in [4.69, 9.17) is 15.2 Å². The summed E-state index contributed by atoms with van der Waals surface area (Å²) in [7, 11) is 3.36. The van der Waals surface area contributed by atoms with E-state index in [9.17, 15) is 0 Å². The van der Waals surface area contributed by atoms with Gasteiger partial charge in [-0.1, -0.05) is 13.3 Å². The molecule has 0 amide bonds. The van der Waals surface area contributed by atoms with Gasteiger partial charge in [0.2, 0.25) is 0 Å². The molecule has 1 aromatic rings. The Morgan fingerprint density at radius 1 is 1.17 bits per heavy atom. The zero-order chi connectivity index (χ0) is 13.2. The summed E-state index contributed by atoms with van der Waals surface area (Å²) < 4.78 is 10.8. The Bertz CT molecular complexity index is 419. The summed E-state index contributed by atoms with van der Waals surface area (Å²) in [6, 6.07) is 4.23. The molecule has 2 N–H and O–H groups in total. The van der Waals surface area contributed by atoms with E-state index in [-0.39, 0.29) is 5.41 Å². The Morgan fingerprint density at radius 2 is 1.78 bits per heavy atom. The van der Waals surface area contributed by atoms with Crippen LogP contribution < -0.4 is 15.2 Å². The highest BCUT2D eigenvalue weighted by atomic mass is 16.5. The monoisotopic (exact) mass is 249 g/mol. The van der Waals surface area contributed by atoms with E-state index in [0.717, 1.165) is 24.5 Å². The molecule has 3 heteroatoms. The molecular weight excluding hydrogens is 226 g/mol. The van der Waals surface area contributed by atoms with Crippen molar-refractivity contribution in [2.75, 3.05) is 20.8 Å². The van der Waals surface area contributed by atoms with E-state index in [1.165, 1.54) is 30.4 Å². The minimum Gasteiger partial charge on any atom is -0.493 e. The third kappa shape index (κ3) is 1.97. The molecule has 0 spiro atoms. The summed E-state index contributed by atoms with van der Waals surface area (Å²) in [6.07, 6.45) is 4.64. The van der Waals surface area contributed by atoms with Gasteiger partial charge in [-0.05, 0) is 42.5 Å². The third-order valence-corrected chi connectivity index (χ3v) is 4.26. The van der Waals surface area contributed by atoms with Crippen LogP contribution in [0.2, 0.25) is 0 Å². The number of hydrogen-bond acceptors (Lipinski definition) is 3. The van der Waals surface area contributed by atoms with Gasteiger partial charge < -0.3 is 15.2 Å². The number of nitrogens with two attached hydrogens (primary N) is 1. The van der Waals surface area contributed by atoms with E-state index >= 15 is 0 Å². The molecule has 0 radical (unpaired) electrons. The van der Waals surface area contributed by atoms with Crippen molar-refractivity contribution >= 4 is 0 Å². The lowest BCUT2D eigenvalue weighted by Crippen LogP contribution is -2.42. The van der Waals surface area contributed by atoms with Crippen LogP contribution in [-0.4, -0.2) is 20.8 Å². The number of benzene rings is 1. The molecule has 3 nitrogen and oxygen atoms in total. The maximum atomic E-state index is 6.01. The topological polar surface area (TPSA) is 44.5 Å². The molecule has 1 aliphatic carbocycles. The molecule has 0 aromatic heterocycles.